The van der Waals surface area contributed by atoms with Crippen molar-refractivity contribution in [1.29, 1.82) is 0 Å². The average molecular weight is 462 g/mol. The van der Waals surface area contributed by atoms with Crippen LogP contribution in [0.5, 0.6) is 0 Å². The van der Waals surface area contributed by atoms with Crippen LogP contribution >= 0.6 is 0 Å². The van der Waals surface area contributed by atoms with Crippen LogP contribution in [0.2, 0.25) is 25.7 Å². The lowest BCUT2D eigenvalue weighted by atomic mass is 10.0. The van der Waals surface area contributed by atoms with Crippen LogP contribution in [0.1, 0.15) is 113 Å². The lowest BCUT2D eigenvalue weighted by Crippen LogP contribution is -2.18. The van der Waals surface area contributed by atoms with Crippen molar-refractivity contribution in [1.82, 2.24) is 0 Å². The minimum Gasteiger partial charge on any atom is -0.478 e. The number of carboxylic acid groups (broad SMARTS) is 1. The first-order valence-electron chi connectivity index (χ1n) is 13.5. The van der Waals surface area contributed by atoms with E-state index in [-0.39, 0.29) is 0 Å². The summed E-state index contributed by atoms with van der Waals surface area (Å²) < 4.78 is 0. The maximum Gasteiger partial charge on any atom is 0.335 e. The number of unbranched alkanes of at least 4 members (excludes halogenated alkanes) is 15. The first-order valence-corrected chi connectivity index (χ1v) is 17.2. The summed E-state index contributed by atoms with van der Waals surface area (Å²) in [5.41, 5.74) is 1.35. The molecule has 0 atom stereocenters. The summed E-state index contributed by atoms with van der Waals surface area (Å²) in [6, 6.07) is 8.51. The monoisotopic (exact) mass is 461 g/mol. The lowest BCUT2D eigenvalue weighted by Gasteiger charge is -2.14. The normalized spacial score (nSPS) is 11.6. The highest BCUT2D eigenvalue weighted by atomic mass is 28.3. The highest BCUT2D eigenvalue weighted by Gasteiger charge is 2.11. The number of hydrogen-bond acceptors (Lipinski definition) is 2. The van der Waals surface area contributed by atoms with Crippen molar-refractivity contribution in [3.05, 3.63) is 29.8 Å². The molecule has 184 valence electrons. The van der Waals surface area contributed by atoms with Crippen LogP contribution in [0.4, 0.5) is 5.69 Å². The standard InChI is InChI=1S/C28H51NO2Si/c1-32(2,3)25-19-17-15-13-11-9-7-5-4-6-8-10-12-14-16-18-24-29-27-22-20-26(21-23-27)28(30)31/h20-23,29H,4-19,24-25H2,1-3H3,(H,30,31). The summed E-state index contributed by atoms with van der Waals surface area (Å²) >= 11 is 0. The molecule has 0 amide bonds. The van der Waals surface area contributed by atoms with Crippen LogP contribution < -0.4 is 5.32 Å². The summed E-state index contributed by atoms with van der Waals surface area (Å²) in [4.78, 5) is 10.8. The smallest absolute Gasteiger partial charge is 0.335 e. The van der Waals surface area contributed by atoms with Crippen molar-refractivity contribution >= 4 is 19.7 Å². The molecule has 0 heterocycles. The number of aromatic carboxylic acids is 1. The highest BCUT2D eigenvalue weighted by Crippen LogP contribution is 2.17. The second-order valence-electron chi connectivity index (χ2n) is 10.8. The predicted molar refractivity (Wildman–Crippen MR) is 144 cm³/mol. The van der Waals surface area contributed by atoms with Gasteiger partial charge < -0.3 is 10.4 Å². The summed E-state index contributed by atoms with van der Waals surface area (Å²) in [7, 11) is -0.800. The maximum absolute atomic E-state index is 10.8. The van der Waals surface area contributed by atoms with Gasteiger partial charge in [-0.15, -0.1) is 0 Å². The van der Waals surface area contributed by atoms with E-state index in [2.05, 4.69) is 25.0 Å². The molecule has 0 saturated heterocycles. The average Bonchev–Trinajstić information content (AvgIpc) is 2.75. The van der Waals surface area contributed by atoms with Crippen LogP contribution in [0.15, 0.2) is 24.3 Å². The lowest BCUT2D eigenvalue weighted by molar-refractivity contribution is 0.0697. The van der Waals surface area contributed by atoms with Gasteiger partial charge in [-0.25, -0.2) is 4.79 Å². The fraction of sp³-hybridized carbons (Fsp3) is 0.750. The second kappa shape index (κ2) is 18.2. The van der Waals surface area contributed by atoms with Crippen LogP contribution in [-0.2, 0) is 0 Å². The zero-order valence-electron chi connectivity index (χ0n) is 21.4. The molecule has 0 aliphatic heterocycles. The Bertz CT molecular complexity index is 580. The van der Waals surface area contributed by atoms with E-state index < -0.39 is 14.0 Å². The molecule has 1 rings (SSSR count). The predicted octanol–water partition coefficient (Wildman–Crippen LogP) is 9.38. The Morgan fingerprint density at radius 3 is 1.41 bits per heavy atom. The molecule has 1 aromatic carbocycles. The third-order valence-electron chi connectivity index (χ3n) is 6.31. The van der Waals surface area contributed by atoms with Gasteiger partial charge in [0.15, 0.2) is 0 Å². The maximum atomic E-state index is 10.8. The second-order valence-corrected chi connectivity index (χ2v) is 16.4. The first-order chi connectivity index (χ1) is 15.4. The Kier molecular flexibility index (Phi) is 16.3. The minimum atomic E-state index is -0.870. The number of carbonyl (C=O) groups is 1. The third-order valence-corrected chi connectivity index (χ3v) is 8.17. The van der Waals surface area contributed by atoms with Gasteiger partial charge in [0.05, 0.1) is 5.56 Å². The van der Waals surface area contributed by atoms with E-state index in [4.69, 9.17) is 5.11 Å². The Balaban J connectivity index is 1.76. The number of benzene rings is 1. The molecule has 0 bridgehead atoms. The molecule has 0 fully saturated rings. The number of rotatable bonds is 21. The van der Waals surface area contributed by atoms with Crippen LogP contribution in [0.25, 0.3) is 0 Å². The molecule has 0 radical (unpaired) electrons. The van der Waals surface area contributed by atoms with Crippen molar-refractivity contribution in [2.75, 3.05) is 11.9 Å². The van der Waals surface area contributed by atoms with E-state index in [1.807, 2.05) is 12.1 Å². The van der Waals surface area contributed by atoms with E-state index >= 15 is 0 Å². The van der Waals surface area contributed by atoms with Crippen molar-refractivity contribution in [3.63, 3.8) is 0 Å². The summed E-state index contributed by atoms with van der Waals surface area (Å²) in [6.45, 7) is 8.43. The van der Waals surface area contributed by atoms with E-state index in [0.29, 0.717) is 5.56 Å². The quantitative estimate of drug-likeness (QED) is 0.141. The summed E-state index contributed by atoms with van der Waals surface area (Å²) in [5.74, 6) is -0.870. The van der Waals surface area contributed by atoms with E-state index in [0.717, 1.165) is 12.2 Å². The molecule has 32 heavy (non-hydrogen) atoms. The third kappa shape index (κ3) is 17.3. The fourth-order valence-electron chi connectivity index (χ4n) is 4.22. The van der Waals surface area contributed by atoms with Crippen LogP contribution in [0, 0.1) is 0 Å². The van der Waals surface area contributed by atoms with Gasteiger partial charge in [0, 0.05) is 20.3 Å². The van der Waals surface area contributed by atoms with Crippen molar-refractivity contribution in [3.8, 4) is 0 Å². The minimum absolute atomic E-state index is 0.342. The molecule has 3 nitrogen and oxygen atoms in total. The Hall–Kier alpha value is -1.29. The SMILES string of the molecule is C[Si](C)(C)CCCCCCCCCCCCCCCCCCNc1ccc(C(=O)O)cc1. The Morgan fingerprint density at radius 1 is 0.656 bits per heavy atom. The summed E-state index contributed by atoms with van der Waals surface area (Å²) in [6.07, 6.45) is 22.4. The fourth-order valence-corrected chi connectivity index (χ4v) is 5.53. The number of carboxylic acids is 1. The summed E-state index contributed by atoms with van der Waals surface area (Å²) in [5, 5.41) is 12.3. The highest BCUT2D eigenvalue weighted by molar-refractivity contribution is 6.76. The Labute approximate surface area is 199 Å². The molecule has 0 saturated carbocycles. The molecule has 4 heteroatoms. The molecule has 0 spiro atoms. The van der Waals surface area contributed by atoms with Crippen molar-refractivity contribution < 1.29 is 9.90 Å². The van der Waals surface area contributed by atoms with Crippen molar-refractivity contribution in [2.24, 2.45) is 0 Å². The van der Waals surface area contributed by atoms with E-state index in [9.17, 15) is 4.79 Å². The topological polar surface area (TPSA) is 49.3 Å². The van der Waals surface area contributed by atoms with Gasteiger partial charge in [-0.2, -0.15) is 0 Å². The largest absolute Gasteiger partial charge is 0.478 e. The molecule has 2 N–H and O–H groups in total. The molecule has 1 aromatic rings. The number of hydrogen-bond donors (Lipinski definition) is 2. The molecule has 0 unspecified atom stereocenters. The zero-order chi connectivity index (χ0) is 23.5. The van der Waals surface area contributed by atoms with Crippen LogP contribution in [-0.4, -0.2) is 25.7 Å². The van der Waals surface area contributed by atoms with Gasteiger partial charge in [-0.1, -0.05) is 122 Å². The van der Waals surface area contributed by atoms with Crippen molar-refractivity contribution in [2.45, 2.75) is 128 Å². The van der Waals surface area contributed by atoms with Gasteiger partial charge >= 0.3 is 5.97 Å². The van der Waals surface area contributed by atoms with E-state index in [1.165, 1.54) is 109 Å². The zero-order valence-corrected chi connectivity index (χ0v) is 22.4. The molecular formula is C28H51NO2Si. The van der Waals surface area contributed by atoms with Gasteiger partial charge in [-0.05, 0) is 30.7 Å². The number of nitrogens with one attached hydrogen (secondary N) is 1. The number of anilines is 1. The van der Waals surface area contributed by atoms with Gasteiger partial charge in [0.25, 0.3) is 0 Å². The Morgan fingerprint density at radius 2 is 1.03 bits per heavy atom. The molecule has 0 aromatic heterocycles. The van der Waals surface area contributed by atoms with E-state index in [1.54, 1.807) is 12.1 Å². The van der Waals surface area contributed by atoms with Gasteiger partial charge in [0.1, 0.15) is 0 Å². The first kappa shape index (κ1) is 28.7. The molecule has 0 aliphatic carbocycles. The molecular weight excluding hydrogens is 410 g/mol. The van der Waals surface area contributed by atoms with Crippen LogP contribution in [0.3, 0.4) is 0 Å². The van der Waals surface area contributed by atoms with Gasteiger partial charge in [-0.3, -0.25) is 0 Å². The van der Waals surface area contributed by atoms with Gasteiger partial charge in [0.2, 0.25) is 0 Å². The molecule has 0 aliphatic rings.